The third-order valence-electron chi connectivity index (χ3n) is 3.85. The lowest BCUT2D eigenvalue weighted by molar-refractivity contribution is -0.115. The number of aromatic nitrogens is 2. The fraction of sp³-hybridized carbons (Fsp3) is 0.263. The standard InChI is InChI=1S/C19H22N4O3S2/c1-12(2)23-28(25,26)15-10-8-14(9-11-15)20-18(24)13(3)27-19-21-16-6-4-5-7-17(16)22-19/h4-13,23H,1-3H3,(H,20,24)(H,21,22)/t13-/m1/s1. The van der Waals surface area contributed by atoms with E-state index in [4.69, 9.17) is 0 Å². The Morgan fingerprint density at radius 1 is 1.07 bits per heavy atom. The summed E-state index contributed by atoms with van der Waals surface area (Å²) in [7, 11) is -3.55. The molecule has 3 aromatic rings. The second-order valence-electron chi connectivity index (χ2n) is 6.61. The van der Waals surface area contributed by atoms with Gasteiger partial charge in [0.05, 0.1) is 21.2 Å². The number of nitrogens with one attached hydrogen (secondary N) is 3. The van der Waals surface area contributed by atoms with E-state index in [1.54, 1.807) is 32.9 Å². The summed E-state index contributed by atoms with van der Waals surface area (Å²) in [6, 6.07) is 13.6. The summed E-state index contributed by atoms with van der Waals surface area (Å²) in [5, 5.41) is 3.09. The van der Waals surface area contributed by atoms with Crippen LogP contribution in [0.4, 0.5) is 5.69 Å². The molecule has 1 amide bonds. The Bertz CT molecular complexity index is 1040. The number of H-pyrrole nitrogens is 1. The van der Waals surface area contributed by atoms with Gasteiger partial charge in [0, 0.05) is 11.7 Å². The normalized spacial score (nSPS) is 13.0. The number of amides is 1. The number of hydrogen-bond acceptors (Lipinski definition) is 5. The quantitative estimate of drug-likeness (QED) is 0.510. The molecule has 0 spiro atoms. The van der Waals surface area contributed by atoms with E-state index in [-0.39, 0.29) is 22.1 Å². The van der Waals surface area contributed by atoms with E-state index < -0.39 is 10.0 Å². The largest absolute Gasteiger partial charge is 0.333 e. The van der Waals surface area contributed by atoms with Gasteiger partial charge in [-0.05, 0) is 57.2 Å². The van der Waals surface area contributed by atoms with Crippen LogP contribution in [0.2, 0.25) is 0 Å². The van der Waals surface area contributed by atoms with Crippen LogP contribution in [0.5, 0.6) is 0 Å². The highest BCUT2D eigenvalue weighted by Gasteiger charge is 2.18. The highest BCUT2D eigenvalue weighted by molar-refractivity contribution is 8.00. The number of anilines is 1. The van der Waals surface area contributed by atoms with E-state index in [0.717, 1.165) is 11.0 Å². The zero-order valence-corrected chi connectivity index (χ0v) is 17.4. The number of thioether (sulfide) groups is 1. The molecule has 3 N–H and O–H groups in total. The number of aromatic amines is 1. The van der Waals surface area contributed by atoms with Crippen molar-refractivity contribution in [2.75, 3.05) is 5.32 Å². The van der Waals surface area contributed by atoms with E-state index >= 15 is 0 Å². The van der Waals surface area contributed by atoms with Crippen LogP contribution in [0, 0.1) is 0 Å². The van der Waals surface area contributed by atoms with Gasteiger partial charge in [0.2, 0.25) is 15.9 Å². The highest BCUT2D eigenvalue weighted by atomic mass is 32.2. The second-order valence-corrected chi connectivity index (χ2v) is 9.65. The van der Waals surface area contributed by atoms with Crippen LogP contribution < -0.4 is 10.0 Å². The predicted octanol–water partition coefficient (Wildman–Crippen LogP) is 3.37. The molecule has 0 unspecified atom stereocenters. The molecule has 0 bridgehead atoms. The minimum atomic E-state index is -3.55. The number of carbonyl (C=O) groups excluding carboxylic acids is 1. The summed E-state index contributed by atoms with van der Waals surface area (Å²) in [5.74, 6) is -0.193. The lowest BCUT2D eigenvalue weighted by atomic mass is 10.3. The van der Waals surface area contributed by atoms with Crippen molar-refractivity contribution in [3.8, 4) is 0 Å². The Morgan fingerprint density at radius 3 is 2.39 bits per heavy atom. The maximum atomic E-state index is 12.5. The lowest BCUT2D eigenvalue weighted by Gasteiger charge is -2.12. The van der Waals surface area contributed by atoms with E-state index in [1.165, 1.54) is 23.9 Å². The van der Waals surface area contributed by atoms with E-state index in [1.807, 2.05) is 24.3 Å². The molecule has 1 heterocycles. The summed E-state index contributed by atoms with van der Waals surface area (Å²) in [5.41, 5.74) is 2.30. The third kappa shape index (κ3) is 4.92. The van der Waals surface area contributed by atoms with Gasteiger partial charge in [-0.25, -0.2) is 18.1 Å². The van der Waals surface area contributed by atoms with E-state index in [2.05, 4.69) is 20.0 Å². The smallest absolute Gasteiger partial charge is 0.240 e. The predicted molar refractivity (Wildman–Crippen MR) is 112 cm³/mol. The minimum absolute atomic E-state index is 0.156. The third-order valence-corrected chi connectivity index (χ3v) is 6.51. The molecule has 1 aromatic heterocycles. The average Bonchev–Trinajstić information content (AvgIpc) is 3.03. The van der Waals surface area contributed by atoms with Crippen molar-refractivity contribution in [3.05, 3.63) is 48.5 Å². The van der Waals surface area contributed by atoms with Crippen molar-refractivity contribution in [1.29, 1.82) is 0 Å². The molecule has 7 nitrogen and oxygen atoms in total. The zero-order valence-electron chi connectivity index (χ0n) is 15.8. The molecule has 2 aromatic carbocycles. The first kappa shape index (κ1) is 20.4. The molecule has 0 saturated heterocycles. The molecule has 148 valence electrons. The van der Waals surface area contributed by atoms with Gasteiger partial charge < -0.3 is 10.3 Å². The van der Waals surface area contributed by atoms with Crippen LogP contribution in [0.15, 0.2) is 58.6 Å². The molecular formula is C19H22N4O3S2. The van der Waals surface area contributed by atoms with Crippen LogP contribution >= 0.6 is 11.8 Å². The van der Waals surface area contributed by atoms with Gasteiger partial charge in [0.1, 0.15) is 0 Å². The number of sulfonamides is 1. The first-order valence-corrected chi connectivity index (χ1v) is 11.2. The number of benzene rings is 2. The summed E-state index contributed by atoms with van der Waals surface area (Å²) in [6.45, 7) is 5.30. The molecule has 0 aliphatic rings. The van der Waals surface area contributed by atoms with Crippen molar-refractivity contribution < 1.29 is 13.2 Å². The minimum Gasteiger partial charge on any atom is -0.333 e. The van der Waals surface area contributed by atoms with E-state index in [0.29, 0.717) is 10.8 Å². The van der Waals surface area contributed by atoms with Crippen LogP contribution in [-0.4, -0.2) is 35.6 Å². The van der Waals surface area contributed by atoms with Gasteiger partial charge in [-0.2, -0.15) is 0 Å². The molecule has 0 aliphatic carbocycles. The van der Waals surface area contributed by atoms with Crippen LogP contribution in [0.3, 0.4) is 0 Å². The van der Waals surface area contributed by atoms with Crippen molar-refractivity contribution >= 4 is 44.4 Å². The molecule has 0 aliphatic heterocycles. The molecule has 3 rings (SSSR count). The lowest BCUT2D eigenvalue weighted by Crippen LogP contribution is -2.30. The van der Waals surface area contributed by atoms with Gasteiger partial charge in [-0.3, -0.25) is 4.79 Å². The van der Waals surface area contributed by atoms with Gasteiger partial charge in [-0.1, -0.05) is 23.9 Å². The number of hydrogen-bond donors (Lipinski definition) is 3. The van der Waals surface area contributed by atoms with Gasteiger partial charge in [-0.15, -0.1) is 0 Å². The van der Waals surface area contributed by atoms with Crippen molar-refractivity contribution in [3.63, 3.8) is 0 Å². The van der Waals surface area contributed by atoms with Crippen LogP contribution in [-0.2, 0) is 14.8 Å². The molecule has 0 fully saturated rings. The summed E-state index contributed by atoms with van der Waals surface area (Å²) < 4.78 is 26.8. The molecular weight excluding hydrogens is 396 g/mol. The van der Waals surface area contributed by atoms with Gasteiger partial charge in [0.15, 0.2) is 5.16 Å². The number of carbonyl (C=O) groups is 1. The monoisotopic (exact) mass is 418 g/mol. The Balaban J connectivity index is 1.63. The molecule has 9 heteroatoms. The summed E-state index contributed by atoms with van der Waals surface area (Å²) >= 11 is 1.33. The van der Waals surface area contributed by atoms with Crippen LogP contribution in [0.1, 0.15) is 20.8 Å². The first-order valence-electron chi connectivity index (χ1n) is 8.79. The fourth-order valence-electron chi connectivity index (χ4n) is 2.55. The summed E-state index contributed by atoms with van der Waals surface area (Å²) in [6.07, 6.45) is 0. The van der Waals surface area contributed by atoms with Gasteiger partial charge >= 0.3 is 0 Å². The Morgan fingerprint density at radius 2 is 1.75 bits per heavy atom. The number of imidazole rings is 1. The van der Waals surface area contributed by atoms with Crippen molar-refractivity contribution in [1.82, 2.24) is 14.7 Å². The molecule has 28 heavy (non-hydrogen) atoms. The fourth-order valence-corrected chi connectivity index (χ4v) is 4.62. The Hall–Kier alpha value is -2.36. The van der Waals surface area contributed by atoms with E-state index in [9.17, 15) is 13.2 Å². The maximum absolute atomic E-state index is 12.5. The Labute approximate surface area is 168 Å². The van der Waals surface area contributed by atoms with Crippen molar-refractivity contribution in [2.24, 2.45) is 0 Å². The van der Waals surface area contributed by atoms with Crippen LogP contribution in [0.25, 0.3) is 11.0 Å². The molecule has 0 saturated carbocycles. The highest BCUT2D eigenvalue weighted by Crippen LogP contribution is 2.24. The molecule has 0 radical (unpaired) electrons. The SMILES string of the molecule is CC(C)NS(=O)(=O)c1ccc(NC(=O)[C@@H](C)Sc2nc3ccccc3[nH]2)cc1. The number of nitrogens with zero attached hydrogens (tertiary/aromatic N) is 1. The number of para-hydroxylation sites is 2. The maximum Gasteiger partial charge on any atom is 0.240 e. The Kier molecular flexibility index (Phi) is 6.07. The summed E-state index contributed by atoms with van der Waals surface area (Å²) in [4.78, 5) is 20.3. The van der Waals surface area contributed by atoms with Gasteiger partial charge in [0.25, 0.3) is 0 Å². The number of fused-ring (bicyclic) bond motifs is 1. The average molecular weight is 419 g/mol. The van der Waals surface area contributed by atoms with Crippen molar-refractivity contribution in [2.45, 2.75) is 42.1 Å². The first-order chi connectivity index (χ1) is 13.2. The topological polar surface area (TPSA) is 104 Å². The molecule has 1 atom stereocenters. The second kappa shape index (κ2) is 8.34. The zero-order chi connectivity index (χ0) is 20.3. The number of rotatable bonds is 7.